The normalized spacial score (nSPS) is 11.5. The van der Waals surface area contributed by atoms with Gasteiger partial charge in [0.25, 0.3) is 0 Å². The molecule has 0 heterocycles. The van der Waals surface area contributed by atoms with Crippen molar-refractivity contribution < 1.29 is 77.4 Å². The topological polar surface area (TPSA) is 104 Å². The van der Waals surface area contributed by atoms with Gasteiger partial charge in [-0.15, -0.1) is 0 Å². The van der Waals surface area contributed by atoms with E-state index < -0.39 is 18.0 Å². The molecule has 0 bridgehead atoms. The van der Waals surface area contributed by atoms with E-state index in [0.717, 1.165) is 19.3 Å². The van der Waals surface area contributed by atoms with Crippen LogP contribution in [0.5, 0.6) is 0 Å². The molecule has 0 spiro atoms. The van der Waals surface area contributed by atoms with Gasteiger partial charge in [-0.2, -0.15) is 0 Å². The molecule has 6 nitrogen and oxygen atoms in total. The number of carbonyl (C=O) groups is 3. The van der Waals surface area contributed by atoms with E-state index in [2.05, 4.69) is 12.2 Å². The Balaban J connectivity index is -0.00000392. The Labute approximate surface area is 227 Å². The molecule has 0 aromatic rings. The van der Waals surface area contributed by atoms with Crippen molar-refractivity contribution >= 4 is 17.8 Å². The van der Waals surface area contributed by atoms with Crippen molar-refractivity contribution in [3.63, 3.8) is 0 Å². The molecule has 0 aromatic carbocycles. The van der Waals surface area contributed by atoms with E-state index in [0.29, 0.717) is 6.42 Å². The molecule has 172 valence electrons. The van der Waals surface area contributed by atoms with Gasteiger partial charge in [0.1, 0.15) is 6.04 Å². The molecule has 0 aliphatic rings. The summed E-state index contributed by atoms with van der Waals surface area (Å²) in [5.41, 5.74) is 0. The minimum atomic E-state index is -1.18. The number of carboxylic acid groups (broad SMARTS) is 2. The predicted octanol–water partition coefficient (Wildman–Crippen LogP) is 2.80. The Morgan fingerprint density at radius 3 is 1.47 bits per heavy atom. The van der Waals surface area contributed by atoms with Crippen LogP contribution in [0.2, 0.25) is 0 Å². The quantitative estimate of drug-likeness (QED) is 0.183. The second-order valence-corrected chi connectivity index (χ2v) is 8.09. The zero-order chi connectivity index (χ0) is 21.7. The minimum absolute atomic E-state index is 0. The van der Waals surface area contributed by atoms with Crippen LogP contribution in [0.1, 0.15) is 124 Å². The fraction of sp³-hybridized carbons (Fsp3) is 0.870. The van der Waals surface area contributed by atoms with Gasteiger partial charge < -0.3 is 17.0 Å². The molecule has 0 aromatic heterocycles. The summed E-state index contributed by atoms with van der Waals surface area (Å²) in [5, 5.41) is 20.1. The van der Waals surface area contributed by atoms with Crippen LogP contribution in [-0.2, 0) is 14.4 Å². The molecular weight excluding hydrogens is 409 g/mol. The van der Waals surface area contributed by atoms with Crippen molar-refractivity contribution in [1.82, 2.24) is 5.32 Å². The molecule has 0 unspecified atom stereocenters. The van der Waals surface area contributed by atoms with Crippen LogP contribution >= 0.6 is 0 Å². The van der Waals surface area contributed by atoms with Crippen LogP contribution in [0.3, 0.4) is 0 Å². The molecule has 0 aliphatic carbocycles. The number of carbonyl (C=O) groups excluding carboxylic acids is 1. The zero-order valence-electron chi connectivity index (χ0n) is 20.4. The van der Waals surface area contributed by atoms with Crippen molar-refractivity contribution in [2.45, 2.75) is 129 Å². The van der Waals surface area contributed by atoms with Crippen LogP contribution in [0.4, 0.5) is 0 Å². The van der Waals surface area contributed by atoms with Crippen LogP contribution in [-0.4, -0.2) is 34.1 Å². The molecule has 30 heavy (non-hydrogen) atoms. The number of aliphatic carboxylic acids is 2. The van der Waals surface area contributed by atoms with Crippen LogP contribution in [0, 0.1) is 0 Å². The van der Waals surface area contributed by atoms with Crippen molar-refractivity contribution in [1.29, 1.82) is 0 Å². The summed E-state index contributed by atoms with van der Waals surface area (Å²) in [7, 11) is 0. The van der Waals surface area contributed by atoms with Crippen LogP contribution < -0.4 is 56.7 Å². The maximum Gasteiger partial charge on any atom is 1.00 e. The second kappa shape index (κ2) is 23.7. The SMILES string of the molecule is CCCCCCCCCCCCCCCCCC(=O)N[C@@H](CCC(=O)O)C(=O)O.[H-].[K+]. The van der Waals surface area contributed by atoms with Gasteiger partial charge in [0.15, 0.2) is 0 Å². The first-order chi connectivity index (χ1) is 14.0. The largest absolute Gasteiger partial charge is 1.00 e. The maximum atomic E-state index is 11.8. The Bertz CT molecular complexity index is 452. The average molecular weight is 454 g/mol. The molecule has 0 fully saturated rings. The Morgan fingerprint density at radius 2 is 1.10 bits per heavy atom. The third kappa shape index (κ3) is 22.7. The van der Waals surface area contributed by atoms with E-state index in [9.17, 15) is 14.4 Å². The molecule has 0 saturated carbocycles. The predicted molar refractivity (Wildman–Crippen MR) is 117 cm³/mol. The molecule has 1 atom stereocenters. The second-order valence-electron chi connectivity index (χ2n) is 8.09. The summed E-state index contributed by atoms with van der Waals surface area (Å²) < 4.78 is 0. The van der Waals surface area contributed by atoms with Gasteiger partial charge in [0.05, 0.1) is 0 Å². The first-order valence-corrected chi connectivity index (χ1v) is 11.7. The number of amides is 1. The molecule has 0 rings (SSSR count). The standard InChI is InChI=1S/C23H43NO5.K.H/c1-2-3-4-5-6-7-8-9-10-11-12-13-14-15-16-17-21(25)24-20(23(28)29)18-19-22(26)27;;/h20H,2-19H2,1H3,(H,24,25)(H,26,27)(H,28,29);;/q;+1;-1/t20-;;/m0../s1. The van der Waals surface area contributed by atoms with E-state index in [4.69, 9.17) is 10.2 Å². The fourth-order valence-corrected chi connectivity index (χ4v) is 3.45. The summed E-state index contributed by atoms with van der Waals surface area (Å²) >= 11 is 0. The summed E-state index contributed by atoms with van der Waals surface area (Å²) in [4.78, 5) is 33.4. The molecule has 7 heteroatoms. The number of hydrogen-bond acceptors (Lipinski definition) is 3. The van der Waals surface area contributed by atoms with E-state index in [-0.39, 0.29) is 71.6 Å². The van der Waals surface area contributed by atoms with Gasteiger partial charge in [-0.25, -0.2) is 4.79 Å². The number of nitrogens with one attached hydrogen (secondary N) is 1. The van der Waals surface area contributed by atoms with Gasteiger partial charge in [-0.3, -0.25) is 9.59 Å². The summed E-state index contributed by atoms with van der Waals surface area (Å²) in [6.07, 6.45) is 18.8. The summed E-state index contributed by atoms with van der Waals surface area (Å²) in [6, 6.07) is -1.12. The van der Waals surface area contributed by atoms with Crippen LogP contribution in [0.25, 0.3) is 0 Å². The van der Waals surface area contributed by atoms with E-state index >= 15 is 0 Å². The van der Waals surface area contributed by atoms with E-state index in [1.165, 1.54) is 77.0 Å². The number of rotatable bonds is 21. The minimum Gasteiger partial charge on any atom is -1.00 e. The van der Waals surface area contributed by atoms with Crippen molar-refractivity contribution in [3.8, 4) is 0 Å². The molecule has 0 radical (unpaired) electrons. The smallest absolute Gasteiger partial charge is 1.00 e. The van der Waals surface area contributed by atoms with Crippen molar-refractivity contribution in [3.05, 3.63) is 0 Å². The third-order valence-corrected chi connectivity index (χ3v) is 5.29. The van der Waals surface area contributed by atoms with E-state index in [1.807, 2.05) is 0 Å². The Hall–Kier alpha value is 0.0464. The van der Waals surface area contributed by atoms with Crippen molar-refractivity contribution in [2.75, 3.05) is 0 Å². The van der Waals surface area contributed by atoms with Crippen molar-refractivity contribution in [2.24, 2.45) is 0 Å². The van der Waals surface area contributed by atoms with Gasteiger partial charge in [-0.1, -0.05) is 96.8 Å². The maximum absolute atomic E-state index is 11.8. The molecule has 1 amide bonds. The monoisotopic (exact) mass is 453 g/mol. The first kappa shape index (κ1) is 32.2. The molecule has 0 aliphatic heterocycles. The average Bonchev–Trinajstić information content (AvgIpc) is 2.67. The molecule has 0 saturated heterocycles. The van der Waals surface area contributed by atoms with Gasteiger partial charge in [0, 0.05) is 12.8 Å². The zero-order valence-corrected chi connectivity index (χ0v) is 22.5. The number of carboxylic acids is 2. The van der Waals surface area contributed by atoms with E-state index in [1.54, 1.807) is 0 Å². The molecular formula is C23H44KNO5. The number of unbranched alkanes of at least 4 members (excludes halogenated alkanes) is 14. The Kier molecular flexibility index (Phi) is 25.5. The van der Waals surface area contributed by atoms with Gasteiger partial charge in [-0.05, 0) is 12.8 Å². The van der Waals surface area contributed by atoms with Crippen LogP contribution in [0.15, 0.2) is 0 Å². The Morgan fingerprint density at radius 1 is 0.700 bits per heavy atom. The summed E-state index contributed by atoms with van der Waals surface area (Å²) in [5.74, 6) is -2.55. The fourth-order valence-electron chi connectivity index (χ4n) is 3.45. The van der Waals surface area contributed by atoms with Gasteiger partial charge in [0.2, 0.25) is 5.91 Å². The summed E-state index contributed by atoms with van der Waals surface area (Å²) in [6.45, 7) is 2.25. The molecule has 3 N–H and O–H groups in total. The number of hydrogen-bond donors (Lipinski definition) is 3. The van der Waals surface area contributed by atoms with Gasteiger partial charge >= 0.3 is 63.3 Å². The first-order valence-electron chi connectivity index (χ1n) is 11.7. The third-order valence-electron chi connectivity index (χ3n) is 5.29.